The van der Waals surface area contributed by atoms with Crippen LogP contribution in [0.3, 0.4) is 0 Å². The van der Waals surface area contributed by atoms with E-state index in [-0.39, 0.29) is 6.04 Å². The van der Waals surface area contributed by atoms with Crippen molar-refractivity contribution in [1.29, 1.82) is 0 Å². The molecule has 18 heavy (non-hydrogen) atoms. The van der Waals surface area contributed by atoms with E-state index < -0.39 is 0 Å². The average molecular weight is 249 g/mol. The van der Waals surface area contributed by atoms with Crippen LogP contribution in [0.25, 0.3) is 0 Å². The van der Waals surface area contributed by atoms with E-state index in [9.17, 15) is 0 Å². The van der Waals surface area contributed by atoms with Crippen LogP contribution in [0.15, 0.2) is 18.6 Å². The third kappa shape index (κ3) is 2.85. The number of hydrogen-bond acceptors (Lipinski definition) is 5. The number of nitrogens with two attached hydrogens (primary N) is 1. The lowest BCUT2D eigenvalue weighted by Crippen LogP contribution is -2.53. The summed E-state index contributed by atoms with van der Waals surface area (Å²) in [7, 11) is 0. The number of rotatable bonds is 4. The van der Waals surface area contributed by atoms with Gasteiger partial charge in [0.05, 0.1) is 11.7 Å². The Balaban J connectivity index is 2.06. The molecule has 2 atom stereocenters. The first-order valence-corrected chi connectivity index (χ1v) is 6.70. The Hall–Kier alpha value is -1.04. The van der Waals surface area contributed by atoms with Gasteiger partial charge >= 0.3 is 0 Å². The highest BCUT2D eigenvalue weighted by atomic mass is 15.3. The molecule has 2 unspecified atom stereocenters. The van der Waals surface area contributed by atoms with Crippen molar-refractivity contribution in [1.82, 2.24) is 19.8 Å². The fraction of sp³-hybridized carbons (Fsp3) is 0.692. The first-order valence-electron chi connectivity index (χ1n) is 6.70. The molecule has 2 heterocycles. The molecular weight excluding hydrogens is 226 g/mol. The van der Waals surface area contributed by atoms with Crippen LogP contribution in [-0.2, 0) is 0 Å². The molecule has 0 amide bonds. The van der Waals surface area contributed by atoms with Gasteiger partial charge in [-0.3, -0.25) is 9.80 Å². The molecule has 2 rings (SSSR count). The highest BCUT2D eigenvalue weighted by Crippen LogP contribution is 2.21. The van der Waals surface area contributed by atoms with Crippen molar-refractivity contribution in [2.24, 2.45) is 5.73 Å². The molecule has 0 bridgehead atoms. The van der Waals surface area contributed by atoms with Gasteiger partial charge in [-0.1, -0.05) is 6.92 Å². The van der Waals surface area contributed by atoms with Crippen LogP contribution in [0.4, 0.5) is 0 Å². The standard InChI is InChI=1S/C13H23N5/c1-3-17-6-7-18(9-11(17)2)13(8-14)12-4-5-15-10-16-12/h4-5,10-11,13H,3,6-9,14H2,1-2H3. The summed E-state index contributed by atoms with van der Waals surface area (Å²) < 4.78 is 0. The maximum atomic E-state index is 5.93. The van der Waals surface area contributed by atoms with Gasteiger partial charge < -0.3 is 5.73 Å². The minimum absolute atomic E-state index is 0.217. The monoisotopic (exact) mass is 249 g/mol. The Morgan fingerprint density at radius 3 is 2.89 bits per heavy atom. The molecule has 5 nitrogen and oxygen atoms in total. The molecule has 0 saturated carbocycles. The molecule has 1 aliphatic heterocycles. The zero-order valence-electron chi connectivity index (χ0n) is 11.3. The van der Waals surface area contributed by atoms with Gasteiger partial charge in [-0.05, 0) is 19.5 Å². The Labute approximate surface area is 109 Å². The highest BCUT2D eigenvalue weighted by Gasteiger charge is 2.28. The highest BCUT2D eigenvalue weighted by molar-refractivity contribution is 5.06. The summed E-state index contributed by atoms with van der Waals surface area (Å²) in [6.07, 6.45) is 3.39. The molecule has 5 heteroatoms. The van der Waals surface area contributed by atoms with Gasteiger partial charge in [0.15, 0.2) is 0 Å². The van der Waals surface area contributed by atoms with Crippen LogP contribution in [0.2, 0.25) is 0 Å². The molecule has 0 spiro atoms. The van der Waals surface area contributed by atoms with Gasteiger partial charge in [-0.25, -0.2) is 9.97 Å². The molecular formula is C13H23N5. The SMILES string of the molecule is CCN1CCN(C(CN)c2ccncn2)CC1C. The smallest absolute Gasteiger partial charge is 0.115 e. The lowest BCUT2D eigenvalue weighted by molar-refractivity contribution is 0.0594. The van der Waals surface area contributed by atoms with E-state index in [1.165, 1.54) is 0 Å². The number of piperazine rings is 1. The van der Waals surface area contributed by atoms with Crippen LogP contribution in [0.1, 0.15) is 25.6 Å². The third-order valence-electron chi connectivity index (χ3n) is 3.81. The van der Waals surface area contributed by atoms with Gasteiger partial charge in [-0.2, -0.15) is 0 Å². The van der Waals surface area contributed by atoms with Gasteiger partial charge in [0, 0.05) is 38.4 Å². The van der Waals surface area contributed by atoms with Gasteiger partial charge in [0.25, 0.3) is 0 Å². The Kier molecular flexibility index (Phi) is 4.63. The maximum absolute atomic E-state index is 5.93. The Morgan fingerprint density at radius 1 is 1.50 bits per heavy atom. The van der Waals surface area contributed by atoms with Crippen LogP contribution in [0.5, 0.6) is 0 Å². The summed E-state index contributed by atoms with van der Waals surface area (Å²) in [6, 6.07) is 2.77. The van der Waals surface area contributed by atoms with E-state index in [0.717, 1.165) is 31.9 Å². The summed E-state index contributed by atoms with van der Waals surface area (Å²) >= 11 is 0. The Bertz CT molecular complexity index is 356. The second-order valence-corrected chi connectivity index (χ2v) is 4.86. The molecule has 1 aliphatic rings. The van der Waals surface area contributed by atoms with Gasteiger partial charge in [0.2, 0.25) is 0 Å². The zero-order chi connectivity index (χ0) is 13.0. The summed E-state index contributed by atoms with van der Waals surface area (Å²) in [4.78, 5) is 13.3. The Morgan fingerprint density at radius 2 is 2.33 bits per heavy atom. The van der Waals surface area contributed by atoms with Crippen molar-refractivity contribution in [2.45, 2.75) is 25.9 Å². The zero-order valence-corrected chi connectivity index (χ0v) is 11.3. The number of hydrogen-bond donors (Lipinski definition) is 1. The van der Waals surface area contributed by atoms with E-state index >= 15 is 0 Å². The van der Waals surface area contributed by atoms with Crippen LogP contribution in [0, 0.1) is 0 Å². The van der Waals surface area contributed by atoms with Crippen molar-refractivity contribution in [3.63, 3.8) is 0 Å². The normalized spacial score (nSPS) is 24.1. The van der Waals surface area contributed by atoms with E-state index in [1.54, 1.807) is 12.5 Å². The fourth-order valence-corrected chi connectivity index (χ4v) is 2.73. The van der Waals surface area contributed by atoms with E-state index in [0.29, 0.717) is 12.6 Å². The fourth-order valence-electron chi connectivity index (χ4n) is 2.73. The maximum Gasteiger partial charge on any atom is 0.115 e. The molecule has 100 valence electrons. The summed E-state index contributed by atoms with van der Waals surface area (Å²) in [5, 5.41) is 0. The topological polar surface area (TPSA) is 58.3 Å². The molecule has 2 N–H and O–H groups in total. The lowest BCUT2D eigenvalue weighted by atomic mass is 10.1. The predicted molar refractivity (Wildman–Crippen MR) is 72.1 cm³/mol. The largest absolute Gasteiger partial charge is 0.329 e. The van der Waals surface area contributed by atoms with Gasteiger partial charge in [0.1, 0.15) is 6.33 Å². The minimum atomic E-state index is 0.217. The lowest BCUT2D eigenvalue weighted by Gasteiger charge is -2.42. The molecule has 0 aliphatic carbocycles. The first kappa shape index (κ1) is 13.4. The van der Waals surface area contributed by atoms with Crippen LogP contribution >= 0.6 is 0 Å². The summed E-state index contributed by atoms with van der Waals surface area (Å²) in [5.74, 6) is 0. The molecule has 1 aromatic heterocycles. The average Bonchev–Trinajstić information content (AvgIpc) is 2.41. The molecule has 1 aromatic rings. The number of aromatic nitrogens is 2. The van der Waals surface area contributed by atoms with E-state index in [2.05, 4.69) is 33.6 Å². The molecule has 0 aromatic carbocycles. The van der Waals surface area contributed by atoms with E-state index in [4.69, 9.17) is 5.73 Å². The summed E-state index contributed by atoms with van der Waals surface area (Å²) in [6.45, 7) is 9.45. The summed E-state index contributed by atoms with van der Waals surface area (Å²) in [5.41, 5.74) is 6.96. The van der Waals surface area contributed by atoms with E-state index in [1.807, 2.05) is 6.07 Å². The van der Waals surface area contributed by atoms with Crippen LogP contribution in [-0.4, -0.2) is 58.5 Å². The molecule has 1 fully saturated rings. The van der Waals surface area contributed by atoms with Crippen molar-refractivity contribution in [3.8, 4) is 0 Å². The third-order valence-corrected chi connectivity index (χ3v) is 3.81. The predicted octanol–water partition coefficient (Wildman–Crippen LogP) is 0.502. The number of nitrogens with zero attached hydrogens (tertiary/aromatic N) is 4. The molecule has 0 radical (unpaired) electrons. The van der Waals surface area contributed by atoms with Crippen molar-refractivity contribution in [3.05, 3.63) is 24.3 Å². The first-order chi connectivity index (χ1) is 8.76. The van der Waals surface area contributed by atoms with Gasteiger partial charge in [-0.15, -0.1) is 0 Å². The number of likely N-dealkylation sites (N-methyl/N-ethyl adjacent to an activating group) is 1. The second-order valence-electron chi connectivity index (χ2n) is 4.86. The van der Waals surface area contributed by atoms with Crippen molar-refractivity contribution < 1.29 is 0 Å². The minimum Gasteiger partial charge on any atom is -0.329 e. The molecule has 1 saturated heterocycles. The van der Waals surface area contributed by atoms with Crippen LogP contribution < -0.4 is 5.73 Å². The second kappa shape index (κ2) is 6.22. The quantitative estimate of drug-likeness (QED) is 0.842. The van der Waals surface area contributed by atoms with Crippen molar-refractivity contribution in [2.75, 3.05) is 32.7 Å². The van der Waals surface area contributed by atoms with Crippen molar-refractivity contribution >= 4 is 0 Å².